The van der Waals surface area contributed by atoms with Gasteiger partial charge in [-0.2, -0.15) is 0 Å². The molecule has 4 rings (SSSR count). The highest BCUT2D eigenvalue weighted by Crippen LogP contribution is 2.46. The molecule has 2 bridgehead atoms. The summed E-state index contributed by atoms with van der Waals surface area (Å²) in [7, 11) is 2.16. The van der Waals surface area contributed by atoms with Crippen LogP contribution in [0.2, 0.25) is 0 Å². The molecule has 2 unspecified atom stereocenters. The standard InChI is InChI=1S/C19H26FNO2/c1-21-15-3-2-4-16(21)11-19(22,10-15)17-9-14(20)7-8-18(17)23-12-13-5-6-13/h7-9,13,15-16,22H,2-6,10-12H2,1H3. The van der Waals surface area contributed by atoms with E-state index in [9.17, 15) is 9.50 Å². The first-order valence-corrected chi connectivity index (χ1v) is 8.92. The van der Waals surface area contributed by atoms with E-state index in [0.29, 0.717) is 48.8 Å². The van der Waals surface area contributed by atoms with E-state index in [-0.39, 0.29) is 5.82 Å². The quantitative estimate of drug-likeness (QED) is 0.922. The monoisotopic (exact) mass is 319 g/mol. The molecule has 2 atom stereocenters. The van der Waals surface area contributed by atoms with Gasteiger partial charge in [-0.15, -0.1) is 0 Å². The lowest BCUT2D eigenvalue weighted by Crippen LogP contribution is -2.55. The van der Waals surface area contributed by atoms with Gasteiger partial charge >= 0.3 is 0 Å². The van der Waals surface area contributed by atoms with Crippen LogP contribution in [0.15, 0.2) is 18.2 Å². The Hall–Kier alpha value is -1.13. The number of aliphatic hydroxyl groups is 1. The summed E-state index contributed by atoms with van der Waals surface area (Å²) in [4.78, 5) is 2.40. The maximum absolute atomic E-state index is 13.9. The average Bonchev–Trinajstić information content (AvgIpc) is 3.32. The van der Waals surface area contributed by atoms with Gasteiger partial charge in [0.2, 0.25) is 0 Å². The van der Waals surface area contributed by atoms with Gasteiger partial charge in [0.1, 0.15) is 11.6 Å². The second kappa shape index (κ2) is 5.75. The van der Waals surface area contributed by atoms with Gasteiger partial charge in [-0.1, -0.05) is 6.42 Å². The molecule has 0 spiro atoms. The molecule has 3 fully saturated rings. The molecule has 126 valence electrons. The summed E-state index contributed by atoms with van der Waals surface area (Å²) in [6.45, 7) is 0.682. The Kier molecular flexibility index (Phi) is 3.85. The van der Waals surface area contributed by atoms with Gasteiger partial charge in [-0.3, -0.25) is 0 Å². The molecule has 2 aliphatic heterocycles. The van der Waals surface area contributed by atoms with Gasteiger partial charge in [-0.05, 0) is 69.7 Å². The fourth-order valence-electron chi connectivity index (χ4n) is 4.35. The number of halogens is 1. The van der Waals surface area contributed by atoms with Crippen molar-refractivity contribution >= 4 is 0 Å². The molecule has 0 amide bonds. The average molecular weight is 319 g/mol. The smallest absolute Gasteiger partial charge is 0.125 e. The maximum atomic E-state index is 13.9. The SMILES string of the molecule is CN1C2CCCC1CC(O)(c1cc(F)ccc1OCC1CC1)C2. The van der Waals surface area contributed by atoms with Crippen LogP contribution in [0.5, 0.6) is 5.75 Å². The zero-order valence-corrected chi connectivity index (χ0v) is 13.8. The fourth-order valence-corrected chi connectivity index (χ4v) is 4.35. The molecule has 1 aliphatic carbocycles. The van der Waals surface area contributed by atoms with Gasteiger partial charge in [0.15, 0.2) is 0 Å². The van der Waals surface area contributed by atoms with E-state index in [4.69, 9.17) is 4.74 Å². The van der Waals surface area contributed by atoms with Crippen LogP contribution in [0, 0.1) is 11.7 Å². The van der Waals surface area contributed by atoms with Crippen molar-refractivity contribution in [3.8, 4) is 5.75 Å². The first-order valence-electron chi connectivity index (χ1n) is 8.92. The van der Waals surface area contributed by atoms with E-state index in [2.05, 4.69) is 11.9 Å². The summed E-state index contributed by atoms with van der Waals surface area (Å²) in [5.74, 6) is 1.01. The van der Waals surface area contributed by atoms with Crippen molar-refractivity contribution in [1.82, 2.24) is 4.90 Å². The van der Waals surface area contributed by atoms with Crippen molar-refractivity contribution in [3.63, 3.8) is 0 Å². The minimum absolute atomic E-state index is 0.295. The Morgan fingerprint density at radius 3 is 2.57 bits per heavy atom. The van der Waals surface area contributed by atoms with Crippen LogP contribution in [0.3, 0.4) is 0 Å². The number of piperidine rings is 2. The highest BCUT2D eigenvalue weighted by molar-refractivity contribution is 5.39. The van der Waals surface area contributed by atoms with Crippen LogP contribution in [-0.4, -0.2) is 35.7 Å². The zero-order valence-electron chi connectivity index (χ0n) is 13.8. The van der Waals surface area contributed by atoms with E-state index in [1.807, 2.05) is 0 Å². The summed E-state index contributed by atoms with van der Waals surface area (Å²) in [5.41, 5.74) is -0.313. The van der Waals surface area contributed by atoms with E-state index in [0.717, 1.165) is 12.8 Å². The third-order valence-corrected chi connectivity index (χ3v) is 5.99. The summed E-state index contributed by atoms with van der Waals surface area (Å²) >= 11 is 0. The Morgan fingerprint density at radius 2 is 1.91 bits per heavy atom. The predicted octanol–water partition coefficient (Wildman–Crippen LogP) is 3.45. The molecule has 1 aromatic rings. The Morgan fingerprint density at radius 1 is 1.22 bits per heavy atom. The predicted molar refractivity (Wildman–Crippen MR) is 86.9 cm³/mol. The summed E-state index contributed by atoms with van der Waals surface area (Å²) in [6.07, 6.45) is 7.23. The largest absolute Gasteiger partial charge is 0.493 e. The normalized spacial score (nSPS) is 34.4. The minimum Gasteiger partial charge on any atom is -0.493 e. The number of ether oxygens (including phenoxy) is 1. The minimum atomic E-state index is -0.969. The number of hydrogen-bond donors (Lipinski definition) is 1. The molecule has 0 aromatic heterocycles. The van der Waals surface area contributed by atoms with Crippen molar-refractivity contribution in [2.75, 3.05) is 13.7 Å². The summed E-state index contributed by atoms with van der Waals surface area (Å²) < 4.78 is 19.8. The Bertz CT molecular complexity index is 573. The van der Waals surface area contributed by atoms with Crippen molar-refractivity contribution in [2.45, 2.75) is 62.6 Å². The second-order valence-corrected chi connectivity index (χ2v) is 7.74. The van der Waals surface area contributed by atoms with Crippen molar-refractivity contribution < 1.29 is 14.2 Å². The van der Waals surface area contributed by atoms with Crippen LogP contribution >= 0.6 is 0 Å². The van der Waals surface area contributed by atoms with Gasteiger partial charge in [0.05, 0.1) is 12.2 Å². The van der Waals surface area contributed by atoms with Crippen LogP contribution in [0.4, 0.5) is 4.39 Å². The van der Waals surface area contributed by atoms with Gasteiger partial charge in [0, 0.05) is 17.6 Å². The molecule has 1 aromatic carbocycles. The van der Waals surface area contributed by atoms with Crippen molar-refractivity contribution in [2.24, 2.45) is 5.92 Å². The van der Waals surface area contributed by atoms with Crippen LogP contribution < -0.4 is 4.74 Å². The molecule has 1 N–H and O–H groups in total. The third kappa shape index (κ3) is 2.99. The van der Waals surface area contributed by atoms with Gasteiger partial charge in [0.25, 0.3) is 0 Å². The fraction of sp³-hybridized carbons (Fsp3) is 0.684. The lowest BCUT2D eigenvalue weighted by molar-refractivity contribution is -0.0887. The highest BCUT2D eigenvalue weighted by Gasteiger charge is 2.46. The number of fused-ring (bicyclic) bond motifs is 2. The van der Waals surface area contributed by atoms with Crippen molar-refractivity contribution in [3.05, 3.63) is 29.6 Å². The Labute approximate surface area is 137 Å². The Balaban J connectivity index is 1.63. The molecule has 2 heterocycles. The van der Waals surface area contributed by atoms with E-state index < -0.39 is 5.60 Å². The molecule has 2 saturated heterocycles. The molecular weight excluding hydrogens is 293 g/mol. The molecule has 3 aliphatic rings. The number of rotatable bonds is 4. The number of nitrogens with zero attached hydrogens (tertiary/aromatic N) is 1. The molecule has 4 heteroatoms. The van der Waals surface area contributed by atoms with E-state index in [1.54, 1.807) is 6.07 Å². The molecule has 23 heavy (non-hydrogen) atoms. The first kappa shape index (κ1) is 15.4. The number of hydrogen-bond acceptors (Lipinski definition) is 3. The molecule has 1 saturated carbocycles. The van der Waals surface area contributed by atoms with E-state index >= 15 is 0 Å². The zero-order chi connectivity index (χ0) is 16.0. The van der Waals surface area contributed by atoms with Crippen molar-refractivity contribution in [1.29, 1.82) is 0 Å². The topological polar surface area (TPSA) is 32.7 Å². The second-order valence-electron chi connectivity index (χ2n) is 7.74. The maximum Gasteiger partial charge on any atom is 0.125 e. The van der Waals surface area contributed by atoms with Crippen LogP contribution in [-0.2, 0) is 5.60 Å². The lowest BCUT2D eigenvalue weighted by Gasteiger charge is -2.51. The van der Waals surface area contributed by atoms with Crippen LogP contribution in [0.1, 0.15) is 50.5 Å². The van der Waals surface area contributed by atoms with E-state index in [1.165, 1.54) is 31.4 Å². The lowest BCUT2D eigenvalue weighted by atomic mass is 9.72. The van der Waals surface area contributed by atoms with Crippen LogP contribution in [0.25, 0.3) is 0 Å². The molecule has 3 nitrogen and oxygen atoms in total. The number of benzene rings is 1. The third-order valence-electron chi connectivity index (χ3n) is 5.99. The highest BCUT2D eigenvalue weighted by atomic mass is 19.1. The summed E-state index contributed by atoms with van der Waals surface area (Å²) in [6, 6.07) is 5.38. The first-order chi connectivity index (χ1) is 11.0. The molecule has 0 radical (unpaired) electrons. The van der Waals surface area contributed by atoms with Gasteiger partial charge < -0.3 is 14.7 Å². The molecular formula is C19H26FNO2. The van der Waals surface area contributed by atoms with Gasteiger partial charge in [-0.25, -0.2) is 4.39 Å². The summed E-state index contributed by atoms with van der Waals surface area (Å²) in [5, 5.41) is 11.4.